The molecule has 0 bridgehead atoms. The van der Waals surface area contributed by atoms with Gasteiger partial charge in [0.25, 0.3) is 0 Å². The van der Waals surface area contributed by atoms with Crippen LogP contribution in [0.3, 0.4) is 0 Å². The first-order valence-electron chi connectivity index (χ1n) is 5.18. The Bertz CT molecular complexity index is 170. The number of aldehydes is 1. The molecule has 1 amide bonds. The lowest BCUT2D eigenvalue weighted by Gasteiger charge is -1.89. The van der Waals surface area contributed by atoms with Gasteiger partial charge in [-0.1, -0.05) is 13.8 Å². The molecule has 6 nitrogen and oxygen atoms in total. The Hall–Kier alpha value is -1.43. The van der Waals surface area contributed by atoms with Crippen molar-refractivity contribution in [2.24, 2.45) is 11.5 Å². The highest BCUT2D eigenvalue weighted by Crippen LogP contribution is 1.92. The fraction of sp³-hybridized carbons (Fsp3) is 0.700. The van der Waals surface area contributed by atoms with Gasteiger partial charge in [0.1, 0.15) is 6.29 Å². The Labute approximate surface area is 96.0 Å². The van der Waals surface area contributed by atoms with E-state index in [9.17, 15) is 14.4 Å². The van der Waals surface area contributed by atoms with E-state index in [1.54, 1.807) is 0 Å². The van der Waals surface area contributed by atoms with Crippen molar-refractivity contribution in [2.75, 3.05) is 6.54 Å². The maximum absolute atomic E-state index is 10.0. The SMILES string of the molecule is CC.NC(=O)CCCC(=O)O.NCCC=O. The highest BCUT2D eigenvalue weighted by molar-refractivity contribution is 5.74. The van der Waals surface area contributed by atoms with Gasteiger partial charge in [-0.2, -0.15) is 0 Å². The van der Waals surface area contributed by atoms with Gasteiger partial charge < -0.3 is 21.4 Å². The van der Waals surface area contributed by atoms with Crippen LogP contribution in [0.25, 0.3) is 0 Å². The third-order valence-electron chi connectivity index (χ3n) is 1.10. The van der Waals surface area contributed by atoms with Crippen molar-refractivity contribution >= 4 is 18.2 Å². The quantitative estimate of drug-likeness (QED) is 0.570. The number of carboxylic acids is 1. The van der Waals surface area contributed by atoms with Crippen LogP contribution >= 0.6 is 0 Å². The molecule has 0 fully saturated rings. The number of carboxylic acid groups (broad SMARTS) is 1. The Morgan fingerprint density at radius 2 is 1.75 bits per heavy atom. The van der Waals surface area contributed by atoms with E-state index in [2.05, 4.69) is 0 Å². The first-order valence-corrected chi connectivity index (χ1v) is 5.18. The zero-order valence-electron chi connectivity index (χ0n) is 9.94. The monoisotopic (exact) mass is 234 g/mol. The summed E-state index contributed by atoms with van der Waals surface area (Å²) in [5.74, 6) is -1.34. The lowest BCUT2D eigenvalue weighted by molar-refractivity contribution is -0.137. The molecule has 0 aliphatic rings. The van der Waals surface area contributed by atoms with E-state index in [0.29, 0.717) is 19.4 Å². The van der Waals surface area contributed by atoms with Crippen LogP contribution in [0.15, 0.2) is 0 Å². The molecule has 0 saturated heterocycles. The van der Waals surface area contributed by atoms with Crippen LogP contribution in [0, 0.1) is 0 Å². The lowest BCUT2D eigenvalue weighted by Crippen LogP contribution is -2.10. The minimum atomic E-state index is -0.892. The maximum Gasteiger partial charge on any atom is 0.303 e. The third kappa shape index (κ3) is 39.0. The largest absolute Gasteiger partial charge is 0.481 e. The van der Waals surface area contributed by atoms with E-state index in [4.69, 9.17) is 16.6 Å². The average molecular weight is 234 g/mol. The smallest absolute Gasteiger partial charge is 0.303 e. The number of nitrogens with two attached hydrogens (primary N) is 2. The second-order valence-corrected chi connectivity index (χ2v) is 2.46. The minimum Gasteiger partial charge on any atom is -0.481 e. The van der Waals surface area contributed by atoms with Crippen molar-refractivity contribution in [2.45, 2.75) is 39.5 Å². The molecule has 0 atom stereocenters. The van der Waals surface area contributed by atoms with Gasteiger partial charge in [0.05, 0.1) is 0 Å². The zero-order chi connectivity index (χ0) is 13.4. The van der Waals surface area contributed by atoms with Crippen molar-refractivity contribution in [3.63, 3.8) is 0 Å². The fourth-order valence-electron chi connectivity index (χ4n) is 0.482. The highest BCUT2D eigenvalue weighted by atomic mass is 16.4. The van der Waals surface area contributed by atoms with Crippen molar-refractivity contribution in [3.05, 3.63) is 0 Å². The van der Waals surface area contributed by atoms with Crippen LogP contribution in [-0.4, -0.2) is 29.8 Å². The summed E-state index contributed by atoms with van der Waals surface area (Å²) in [4.78, 5) is 29.2. The van der Waals surface area contributed by atoms with Crippen molar-refractivity contribution in [1.82, 2.24) is 0 Å². The average Bonchev–Trinajstić information content (AvgIpc) is 2.22. The van der Waals surface area contributed by atoms with Crippen LogP contribution in [0.5, 0.6) is 0 Å². The number of hydrogen-bond donors (Lipinski definition) is 3. The number of rotatable bonds is 6. The molecule has 5 N–H and O–H groups in total. The molecule has 0 radical (unpaired) electrons. The number of hydrogen-bond acceptors (Lipinski definition) is 4. The van der Waals surface area contributed by atoms with Gasteiger partial charge in [0, 0.05) is 19.3 Å². The summed E-state index contributed by atoms with van der Waals surface area (Å²) in [7, 11) is 0. The molecule has 0 saturated carbocycles. The molecule has 6 heteroatoms. The lowest BCUT2D eigenvalue weighted by atomic mass is 10.2. The van der Waals surface area contributed by atoms with E-state index >= 15 is 0 Å². The van der Waals surface area contributed by atoms with Gasteiger partial charge >= 0.3 is 5.97 Å². The summed E-state index contributed by atoms with van der Waals surface area (Å²) in [6, 6.07) is 0. The van der Waals surface area contributed by atoms with Crippen molar-refractivity contribution < 1.29 is 19.5 Å². The summed E-state index contributed by atoms with van der Waals surface area (Å²) in [6.45, 7) is 4.48. The second-order valence-electron chi connectivity index (χ2n) is 2.46. The molecular weight excluding hydrogens is 212 g/mol. The van der Waals surface area contributed by atoms with E-state index in [0.717, 1.165) is 6.29 Å². The van der Waals surface area contributed by atoms with E-state index in [-0.39, 0.29) is 12.8 Å². The summed E-state index contributed by atoms with van der Waals surface area (Å²) < 4.78 is 0. The van der Waals surface area contributed by atoms with Crippen molar-refractivity contribution in [3.8, 4) is 0 Å². The number of carbonyl (C=O) groups excluding carboxylic acids is 2. The number of amides is 1. The number of primary amides is 1. The van der Waals surface area contributed by atoms with Crippen LogP contribution in [0.2, 0.25) is 0 Å². The van der Waals surface area contributed by atoms with Gasteiger partial charge in [-0.3, -0.25) is 9.59 Å². The molecular formula is C10H22N2O4. The number of aliphatic carboxylic acids is 1. The van der Waals surface area contributed by atoms with E-state index in [1.807, 2.05) is 13.8 Å². The topological polar surface area (TPSA) is 123 Å². The molecule has 16 heavy (non-hydrogen) atoms. The molecule has 0 aliphatic carbocycles. The van der Waals surface area contributed by atoms with Crippen LogP contribution in [0.4, 0.5) is 0 Å². The van der Waals surface area contributed by atoms with Gasteiger partial charge in [0.2, 0.25) is 5.91 Å². The predicted molar refractivity (Wildman–Crippen MR) is 61.8 cm³/mol. The van der Waals surface area contributed by atoms with Gasteiger partial charge in [-0.15, -0.1) is 0 Å². The molecule has 96 valence electrons. The van der Waals surface area contributed by atoms with Crippen LogP contribution in [0.1, 0.15) is 39.5 Å². The Kier molecular flexibility index (Phi) is 24.0. The molecule has 0 spiro atoms. The zero-order valence-corrected chi connectivity index (χ0v) is 9.94. The first kappa shape index (κ1) is 20.0. The molecule has 0 rings (SSSR count). The molecule has 0 heterocycles. The van der Waals surface area contributed by atoms with E-state index in [1.165, 1.54) is 0 Å². The van der Waals surface area contributed by atoms with E-state index < -0.39 is 11.9 Å². The Balaban J connectivity index is -0.000000205. The van der Waals surface area contributed by atoms with Gasteiger partial charge in [-0.25, -0.2) is 0 Å². The maximum atomic E-state index is 10.0. The number of carbonyl (C=O) groups is 3. The summed E-state index contributed by atoms with van der Waals surface area (Å²) in [5.41, 5.74) is 9.65. The van der Waals surface area contributed by atoms with Crippen LogP contribution < -0.4 is 11.5 Å². The highest BCUT2D eigenvalue weighted by Gasteiger charge is 1.98. The second kappa shape index (κ2) is 19.2. The van der Waals surface area contributed by atoms with Gasteiger partial charge in [-0.05, 0) is 13.0 Å². The molecule has 0 unspecified atom stereocenters. The van der Waals surface area contributed by atoms with Crippen molar-refractivity contribution in [1.29, 1.82) is 0 Å². The molecule has 0 aromatic carbocycles. The van der Waals surface area contributed by atoms with Crippen LogP contribution in [-0.2, 0) is 14.4 Å². The summed E-state index contributed by atoms with van der Waals surface area (Å²) >= 11 is 0. The summed E-state index contributed by atoms with van der Waals surface area (Å²) in [5, 5.41) is 8.07. The minimum absolute atomic E-state index is 0.0168. The standard InChI is InChI=1S/C5H9NO3.C3H7NO.C2H6/c6-4(7)2-1-3-5(8)9;4-2-1-3-5;1-2/h1-3H2,(H2,6,7)(H,8,9);3H,1-2,4H2;1-2H3. The Morgan fingerprint density at radius 3 is 1.94 bits per heavy atom. The predicted octanol–water partition coefficient (Wildman–Crippen LogP) is 0.287. The Morgan fingerprint density at radius 1 is 1.25 bits per heavy atom. The molecule has 0 aromatic rings. The normalized spacial score (nSPS) is 7.69. The third-order valence-corrected chi connectivity index (χ3v) is 1.10. The summed E-state index contributed by atoms with van der Waals surface area (Å²) in [6.07, 6.45) is 1.81. The first-order chi connectivity index (χ1) is 7.54. The molecule has 0 aliphatic heterocycles. The fourth-order valence-corrected chi connectivity index (χ4v) is 0.482. The molecule has 0 aromatic heterocycles. The van der Waals surface area contributed by atoms with Gasteiger partial charge in [0.15, 0.2) is 0 Å².